The molecule has 1 aromatic rings. The van der Waals surface area contributed by atoms with Crippen molar-refractivity contribution >= 4 is 11.9 Å². The summed E-state index contributed by atoms with van der Waals surface area (Å²) in [6, 6.07) is 6.61. The molecule has 4 heteroatoms. The van der Waals surface area contributed by atoms with Crippen LogP contribution in [0.1, 0.15) is 42.6 Å². The lowest BCUT2D eigenvalue weighted by Crippen LogP contribution is -2.26. The Bertz CT molecular complexity index is 437. The second-order valence-corrected chi connectivity index (χ2v) is 5.18. The van der Waals surface area contributed by atoms with Gasteiger partial charge in [0, 0.05) is 20.0 Å². The summed E-state index contributed by atoms with van der Waals surface area (Å²) in [4.78, 5) is 24.3. The van der Waals surface area contributed by atoms with Crippen LogP contribution in [0.3, 0.4) is 0 Å². The first kappa shape index (κ1) is 15.2. The zero-order valence-corrected chi connectivity index (χ0v) is 11.7. The van der Waals surface area contributed by atoms with Gasteiger partial charge in [-0.25, -0.2) is 4.79 Å². The monoisotopic (exact) mass is 263 g/mol. The third-order valence-corrected chi connectivity index (χ3v) is 2.98. The van der Waals surface area contributed by atoms with Crippen molar-refractivity contribution in [1.29, 1.82) is 0 Å². The number of nitrogens with zero attached hydrogens (tertiary/aromatic N) is 1. The van der Waals surface area contributed by atoms with Gasteiger partial charge in [0.2, 0.25) is 5.91 Å². The highest BCUT2D eigenvalue weighted by molar-refractivity contribution is 5.87. The van der Waals surface area contributed by atoms with Crippen LogP contribution in [0, 0.1) is 5.92 Å². The lowest BCUT2D eigenvalue weighted by Gasteiger charge is -2.18. The molecule has 0 unspecified atom stereocenters. The van der Waals surface area contributed by atoms with Crippen LogP contribution in [-0.4, -0.2) is 28.9 Å². The molecule has 0 atom stereocenters. The zero-order valence-electron chi connectivity index (χ0n) is 11.7. The van der Waals surface area contributed by atoms with Gasteiger partial charge in [0.15, 0.2) is 0 Å². The highest BCUT2D eigenvalue weighted by Gasteiger charge is 2.10. The zero-order chi connectivity index (χ0) is 14.4. The maximum Gasteiger partial charge on any atom is 0.335 e. The number of hydrogen-bond acceptors (Lipinski definition) is 2. The van der Waals surface area contributed by atoms with E-state index in [0.29, 0.717) is 18.9 Å². The van der Waals surface area contributed by atoms with Crippen molar-refractivity contribution in [3.8, 4) is 0 Å². The van der Waals surface area contributed by atoms with E-state index in [9.17, 15) is 9.59 Å². The number of aromatic carboxylic acids is 1. The molecule has 0 saturated heterocycles. The number of carbonyl (C=O) groups is 2. The highest BCUT2D eigenvalue weighted by Crippen LogP contribution is 2.10. The molecule has 0 spiro atoms. The van der Waals surface area contributed by atoms with Gasteiger partial charge in [0.25, 0.3) is 0 Å². The van der Waals surface area contributed by atoms with Crippen LogP contribution in [0.4, 0.5) is 0 Å². The molecular weight excluding hydrogens is 242 g/mol. The molecule has 1 aromatic carbocycles. The van der Waals surface area contributed by atoms with Crippen LogP contribution < -0.4 is 0 Å². The summed E-state index contributed by atoms with van der Waals surface area (Å²) in [6.45, 7) is 4.70. The molecule has 0 aliphatic carbocycles. The molecule has 0 heterocycles. The molecule has 1 amide bonds. The summed E-state index contributed by atoms with van der Waals surface area (Å²) in [5, 5.41) is 8.80. The molecule has 0 bridgehead atoms. The maximum atomic E-state index is 11.9. The molecule has 1 N–H and O–H groups in total. The van der Waals surface area contributed by atoms with Crippen LogP contribution >= 0.6 is 0 Å². The number of carboxylic acid groups (broad SMARTS) is 1. The first-order valence-electron chi connectivity index (χ1n) is 6.46. The first-order chi connectivity index (χ1) is 8.90. The highest BCUT2D eigenvalue weighted by atomic mass is 16.4. The predicted molar refractivity (Wildman–Crippen MR) is 73.9 cm³/mol. The van der Waals surface area contributed by atoms with Gasteiger partial charge < -0.3 is 10.0 Å². The second kappa shape index (κ2) is 6.92. The Kier molecular flexibility index (Phi) is 5.55. The largest absolute Gasteiger partial charge is 0.478 e. The lowest BCUT2D eigenvalue weighted by atomic mass is 10.1. The number of carbonyl (C=O) groups excluding carboxylic acids is 1. The molecule has 19 heavy (non-hydrogen) atoms. The van der Waals surface area contributed by atoms with E-state index in [1.54, 1.807) is 36.2 Å². The average Bonchev–Trinajstić information content (AvgIpc) is 2.36. The summed E-state index contributed by atoms with van der Waals surface area (Å²) >= 11 is 0. The van der Waals surface area contributed by atoms with Crippen molar-refractivity contribution in [2.24, 2.45) is 5.92 Å². The van der Waals surface area contributed by atoms with Crippen molar-refractivity contribution in [1.82, 2.24) is 4.90 Å². The van der Waals surface area contributed by atoms with E-state index in [0.717, 1.165) is 12.0 Å². The topological polar surface area (TPSA) is 57.6 Å². The standard InChI is InChI=1S/C15H21NO3/c1-11(2)4-9-14(17)16(3)10-12-5-7-13(8-6-12)15(18)19/h5-8,11H,4,9-10H2,1-3H3,(H,18,19). The Hall–Kier alpha value is -1.84. The molecule has 1 rings (SSSR count). The molecule has 104 valence electrons. The van der Waals surface area contributed by atoms with E-state index < -0.39 is 5.97 Å². The number of hydrogen-bond donors (Lipinski definition) is 1. The smallest absolute Gasteiger partial charge is 0.335 e. The Morgan fingerprint density at radius 3 is 2.26 bits per heavy atom. The van der Waals surface area contributed by atoms with Gasteiger partial charge in [-0.15, -0.1) is 0 Å². The maximum absolute atomic E-state index is 11.9. The quantitative estimate of drug-likeness (QED) is 0.858. The second-order valence-electron chi connectivity index (χ2n) is 5.18. The molecule has 0 radical (unpaired) electrons. The van der Waals surface area contributed by atoms with Crippen LogP contribution in [0.5, 0.6) is 0 Å². The van der Waals surface area contributed by atoms with Gasteiger partial charge in [0.05, 0.1) is 5.56 Å². The van der Waals surface area contributed by atoms with Gasteiger partial charge in [-0.1, -0.05) is 26.0 Å². The van der Waals surface area contributed by atoms with Gasteiger partial charge in [-0.05, 0) is 30.0 Å². The van der Waals surface area contributed by atoms with E-state index in [2.05, 4.69) is 13.8 Å². The van der Waals surface area contributed by atoms with Crippen molar-refractivity contribution in [3.63, 3.8) is 0 Å². The van der Waals surface area contributed by atoms with Crippen molar-refractivity contribution in [2.45, 2.75) is 33.2 Å². The minimum Gasteiger partial charge on any atom is -0.478 e. The first-order valence-corrected chi connectivity index (χ1v) is 6.46. The fraction of sp³-hybridized carbons (Fsp3) is 0.467. The number of carboxylic acids is 1. The van der Waals surface area contributed by atoms with Gasteiger partial charge in [0.1, 0.15) is 0 Å². The lowest BCUT2D eigenvalue weighted by molar-refractivity contribution is -0.130. The summed E-state index contributed by atoms with van der Waals surface area (Å²) in [7, 11) is 1.77. The normalized spacial score (nSPS) is 10.5. The molecule has 0 fully saturated rings. The third kappa shape index (κ3) is 5.12. The van der Waals surface area contributed by atoms with Crippen molar-refractivity contribution in [3.05, 3.63) is 35.4 Å². The number of amides is 1. The molecule has 0 aromatic heterocycles. The average molecular weight is 263 g/mol. The SMILES string of the molecule is CC(C)CCC(=O)N(C)Cc1ccc(C(=O)O)cc1. The van der Waals surface area contributed by atoms with Gasteiger partial charge in [-0.2, -0.15) is 0 Å². The molecule has 4 nitrogen and oxygen atoms in total. The minimum atomic E-state index is -0.937. The Morgan fingerprint density at radius 1 is 1.21 bits per heavy atom. The summed E-state index contributed by atoms with van der Waals surface area (Å²) < 4.78 is 0. The van der Waals surface area contributed by atoms with Gasteiger partial charge in [-0.3, -0.25) is 4.79 Å². The van der Waals surface area contributed by atoms with Crippen LogP contribution in [0.25, 0.3) is 0 Å². The van der Waals surface area contributed by atoms with E-state index in [1.165, 1.54) is 0 Å². The predicted octanol–water partition coefficient (Wildman–Crippen LogP) is 2.78. The number of rotatable bonds is 6. The molecular formula is C15H21NO3. The third-order valence-electron chi connectivity index (χ3n) is 2.98. The Morgan fingerprint density at radius 2 is 1.79 bits per heavy atom. The minimum absolute atomic E-state index is 0.121. The number of benzene rings is 1. The summed E-state index contributed by atoms with van der Waals surface area (Å²) in [5.41, 5.74) is 1.20. The van der Waals surface area contributed by atoms with Crippen LogP contribution in [0.15, 0.2) is 24.3 Å². The molecule has 0 saturated carbocycles. The van der Waals surface area contributed by atoms with Crippen molar-refractivity contribution in [2.75, 3.05) is 7.05 Å². The Labute approximate surface area is 114 Å². The van der Waals surface area contributed by atoms with Crippen molar-refractivity contribution < 1.29 is 14.7 Å². The van der Waals surface area contributed by atoms with E-state index in [-0.39, 0.29) is 11.5 Å². The fourth-order valence-corrected chi connectivity index (χ4v) is 1.72. The molecule has 0 aliphatic rings. The van der Waals surface area contributed by atoms with Gasteiger partial charge >= 0.3 is 5.97 Å². The molecule has 0 aliphatic heterocycles. The van der Waals surface area contributed by atoms with E-state index in [1.807, 2.05) is 0 Å². The summed E-state index contributed by atoms with van der Waals surface area (Å²) in [6.07, 6.45) is 1.45. The van der Waals surface area contributed by atoms with Crippen LogP contribution in [0.2, 0.25) is 0 Å². The van der Waals surface area contributed by atoms with E-state index >= 15 is 0 Å². The van der Waals surface area contributed by atoms with Crippen LogP contribution in [-0.2, 0) is 11.3 Å². The fourth-order valence-electron chi connectivity index (χ4n) is 1.72. The summed E-state index contributed by atoms with van der Waals surface area (Å²) in [5.74, 6) is -0.295. The Balaban J connectivity index is 2.54. The van der Waals surface area contributed by atoms with E-state index in [4.69, 9.17) is 5.11 Å².